The van der Waals surface area contributed by atoms with Crippen LogP contribution in [0, 0.1) is 13.8 Å². The lowest BCUT2D eigenvalue weighted by molar-refractivity contribution is -0.132. The number of ketones is 1. The highest BCUT2D eigenvalue weighted by Gasteiger charge is 2.47. The molecule has 0 radical (unpaired) electrons. The Kier molecular flexibility index (Phi) is 6.03. The maximum Gasteiger partial charge on any atom is 0.300 e. The predicted octanol–water partition coefficient (Wildman–Crippen LogP) is 4.65. The van der Waals surface area contributed by atoms with Crippen LogP contribution in [0.2, 0.25) is 0 Å². The zero-order valence-corrected chi connectivity index (χ0v) is 19.3. The Morgan fingerprint density at radius 3 is 2.21 bits per heavy atom. The van der Waals surface area contributed by atoms with Gasteiger partial charge >= 0.3 is 0 Å². The predicted molar refractivity (Wildman–Crippen MR) is 128 cm³/mol. The van der Waals surface area contributed by atoms with Crippen LogP contribution in [0.4, 0.5) is 5.69 Å². The van der Waals surface area contributed by atoms with Gasteiger partial charge in [-0.2, -0.15) is 0 Å². The molecule has 7 nitrogen and oxygen atoms in total. The Bertz CT molecular complexity index is 1310. The van der Waals surface area contributed by atoms with E-state index in [2.05, 4.69) is 0 Å². The molecule has 1 heterocycles. The van der Waals surface area contributed by atoms with E-state index < -0.39 is 17.7 Å². The van der Waals surface area contributed by atoms with Crippen LogP contribution in [0.5, 0.6) is 17.2 Å². The topological polar surface area (TPSA) is 96.3 Å². The number of ether oxygens (including phenoxy) is 2. The first-order chi connectivity index (χ1) is 16.3. The molecule has 0 spiro atoms. The highest BCUT2D eigenvalue weighted by Crippen LogP contribution is 2.44. The second-order valence-corrected chi connectivity index (χ2v) is 8.10. The average Bonchev–Trinajstić information content (AvgIpc) is 3.10. The van der Waals surface area contributed by atoms with Crippen molar-refractivity contribution in [2.24, 2.45) is 0 Å². The molecule has 7 heteroatoms. The van der Waals surface area contributed by atoms with Gasteiger partial charge in [0.05, 0.1) is 31.4 Å². The quantitative estimate of drug-likeness (QED) is 0.328. The number of nitrogens with zero attached hydrogens (tertiary/aromatic N) is 1. The van der Waals surface area contributed by atoms with Gasteiger partial charge in [-0.05, 0) is 66.9 Å². The van der Waals surface area contributed by atoms with Crippen LogP contribution in [0.25, 0.3) is 5.76 Å². The van der Waals surface area contributed by atoms with Gasteiger partial charge in [0, 0.05) is 11.8 Å². The Morgan fingerprint density at radius 1 is 0.882 bits per heavy atom. The maximum absolute atomic E-state index is 13.3. The van der Waals surface area contributed by atoms with Gasteiger partial charge in [0.1, 0.15) is 23.0 Å². The number of Topliss-reactive ketones (excluding diaryl/α,β-unsaturated/α-hetero) is 1. The standard InChI is InChI=1S/C27H25NO6/c1-15-5-8-18(13-16(15)2)28-24(17-6-9-19(29)10-7-17)23(26(31)27(28)32)25(30)21-12-11-20(33-3)14-22(21)34-4/h5-14,24,29-30H,1-4H3/b25-23-. The lowest BCUT2D eigenvalue weighted by atomic mass is 9.94. The van der Waals surface area contributed by atoms with Gasteiger partial charge in [-0.3, -0.25) is 14.5 Å². The molecule has 1 aliphatic heterocycles. The van der Waals surface area contributed by atoms with Crippen LogP contribution in [0.15, 0.2) is 66.2 Å². The van der Waals surface area contributed by atoms with E-state index in [4.69, 9.17) is 9.47 Å². The molecular weight excluding hydrogens is 434 g/mol. The van der Waals surface area contributed by atoms with Crippen LogP contribution in [0.1, 0.15) is 28.3 Å². The largest absolute Gasteiger partial charge is 0.508 e. The van der Waals surface area contributed by atoms with Gasteiger partial charge in [-0.25, -0.2) is 0 Å². The maximum atomic E-state index is 13.3. The van der Waals surface area contributed by atoms with Crippen molar-refractivity contribution < 1.29 is 29.3 Å². The molecule has 2 N–H and O–H groups in total. The third kappa shape index (κ3) is 3.85. The van der Waals surface area contributed by atoms with E-state index >= 15 is 0 Å². The first-order valence-electron chi connectivity index (χ1n) is 10.7. The molecule has 0 aliphatic carbocycles. The number of phenols is 1. The number of anilines is 1. The summed E-state index contributed by atoms with van der Waals surface area (Å²) in [6.07, 6.45) is 0. The number of hydrogen-bond acceptors (Lipinski definition) is 6. The molecule has 0 saturated carbocycles. The molecule has 0 aromatic heterocycles. The number of carbonyl (C=O) groups is 2. The van der Waals surface area contributed by atoms with Gasteiger partial charge in [-0.15, -0.1) is 0 Å². The molecule has 3 aromatic carbocycles. The second-order valence-electron chi connectivity index (χ2n) is 8.10. The van der Waals surface area contributed by atoms with E-state index in [0.717, 1.165) is 11.1 Å². The van der Waals surface area contributed by atoms with Crippen LogP contribution >= 0.6 is 0 Å². The van der Waals surface area contributed by atoms with E-state index in [1.807, 2.05) is 26.0 Å². The minimum Gasteiger partial charge on any atom is -0.508 e. The van der Waals surface area contributed by atoms with Gasteiger partial charge in [-0.1, -0.05) is 18.2 Å². The number of aryl methyl sites for hydroxylation is 2. The Labute approximate surface area is 197 Å². The molecule has 174 valence electrons. The van der Waals surface area contributed by atoms with Crippen molar-refractivity contribution in [1.29, 1.82) is 0 Å². The van der Waals surface area contributed by atoms with E-state index in [0.29, 0.717) is 22.7 Å². The fraction of sp³-hybridized carbons (Fsp3) is 0.185. The van der Waals surface area contributed by atoms with Gasteiger partial charge < -0.3 is 19.7 Å². The zero-order chi connectivity index (χ0) is 24.6. The lowest BCUT2D eigenvalue weighted by Crippen LogP contribution is -2.29. The fourth-order valence-corrected chi connectivity index (χ4v) is 4.09. The number of aromatic hydroxyl groups is 1. The van der Waals surface area contributed by atoms with Crippen molar-refractivity contribution in [3.63, 3.8) is 0 Å². The van der Waals surface area contributed by atoms with Crippen molar-refractivity contribution in [3.05, 3.63) is 88.5 Å². The van der Waals surface area contributed by atoms with Gasteiger partial charge in [0.15, 0.2) is 0 Å². The van der Waals surface area contributed by atoms with Crippen LogP contribution in [-0.2, 0) is 9.59 Å². The van der Waals surface area contributed by atoms with E-state index in [1.54, 1.807) is 36.4 Å². The van der Waals surface area contributed by atoms with Crippen molar-refractivity contribution in [3.8, 4) is 17.2 Å². The summed E-state index contributed by atoms with van der Waals surface area (Å²) >= 11 is 0. The SMILES string of the molecule is COc1ccc(/C(O)=C2/C(=O)C(=O)N(c3ccc(C)c(C)c3)C2c2ccc(O)cc2)c(OC)c1. The highest BCUT2D eigenvalue weighted by atomic mass is 16.5. The van der Waals surface area contributed by atoms with Crippen molar-refractivity contribution in [2.45, 2.75) is 19.9 Å². The number of aliphatic hydroxyl groups is 1. The van der Waals surface area contributed by atoms with Crippen molar-refractivity contribution in [2.75, 3.05) is 19.1 Å². The Hall–Kier alpha value is -4.26. The van der Waals surface area contributed by atoms with E-state index in [-0.39, 0.29) is 22.6 Å². The molecule has 1 unspecified atom stereocenters. The van der Waals surface area contributed by atoms with Crippen LogP contribution in [0.3, 0.4) is 0 Å². The Morgan fingerprint density at radius 2 is 1.59 bits per heavy atom. The molecule has 34 heavy (non-hydrogen) atoms. The van der Waals surface area contributed by atoms with Crippen molar-refractivity contribution >= 4 is 23.1 Å². The molecule has 1 aliphatic rings. The van der Waals surface area contributed by atoms with Gasteiger partial charge in [0.2, 0.25) is 0 Å². The number of methoxy groups -OCH3 is 2. The number of amides is 1. The lowest BCUT2D eigenvalue weighted by Gasteiger charge is -2.26. The number of carbonyl (C=O) groups excluding carboxylic acids is 2. The molecular formula is C27H25NO6. The monoisotopic (exact) mass is 459 g/mol. The molecule has 4 rings (SSSR count). The molecule has 1 fully saturated rings. The third-order valence-electron chi connectivity index (χ3n) is 6.09. The zero-order valence-electron chi connectivity index (χ0n) is 19.3. The summed E-state index contributed by atoms with van der Waals surface area (Å²) in [5, 5.41) is 21.1. The van der Waals surface area contributed by atoms with Crippen molar-refractivity contribution in [1.82, 2.24) is 0 Å². The summed E-state index contributed by atoms with van der Waals surface area (Å²) in [6, 6.07) is 15.6. The number of aliphatic hydroxyl groups excluding tert-OH is 1. The van der Waals surface area contributed by atoms with Crippen LogP contribution in [-0.4, -0.2) is 36.1 Å². The third-order valence-corrected chi connectivity index (χ3v) is 6.09. The summed E-state index contributed by atoms with van der Waals surface area (Å²) in [6.45, 7) is 3.88. The average molecular weight is 459 g/mol. The van der Waals surface area contributed by atoms with E-state index in [1.165, 1.54) is 31.3 Å². The number of benzene rings is 3. The fourth-order valence-electron chi connectivity index (χ4n) is 4.09. The molecule has 0 bridgehead atoms. The normalized spacial score (nSPS) is 17.2. The van der Waals surface area contributed by atoms with Gasteiger partial charge in [0.25, 0.3) is 11.7 Å². The smallest absolute Gasteiger partial charge is 0.300 e. The number of rotatable bonds is 5. The summed E-state index contributed by atoms with van der Waals surface area (Å²) in [7, 11) is 2.95. The number of hydrogen-bond donors (Lipinski definition) is 2. The summed E-state index contributed by atoms with van der Waals surface area (Å²) in [5.74, 6) is -1.08. The first kappa shape index (κ1) is 22.9. The summed E-state index contributed by atoms with van der Waals surface area (Å²) < 4.78 is 10.6. The second kappa shape index (κ2) is 8.94. The summed E-state index contributed by atoms with van der Waals surface area (Å²) in [5.41, 5.74) is 3.28. The molecule has 1 atom stereocenters. The molecule has 3 aromatic rings. The number of phenolic OH excluding ortho intramolecular Hbond substituents is 1. The minimum absolute atomic E-state index is 0.0451. The molecule has 1 amide bonds. The first-order valence-corrected chi connectivity index (χ1v) is 10.7. The summed E-state index contributed by atoms with van der Waals surface area (Å²) in [4.78, 5) is 28.0. The molecule has 1 saturated heterocycles. The minimum atomic E-state index is -0.908. The van der Waals surface area contributed by atoms with E-state index in [9.17, 15) is 19.8 Å². The Balaban J connectivity index is 1.97. The van der Waals surface area contributed by atoms with Crippen LogP contribution < -0.4 is 14.4 Å². The highest BCUT2D eigenvalue weighted by molar-refractivity contribution is 6.51.